The van der Waals surface area contributed by atoms with Gasteiger partial charge in [-0.25, -0.2) is 0 Å². The van der Waals surface area contributed by atoms with Gasteiger partial charge in [-0.05, 0) is 57.0 Å². The summed E-state index contributed by atoms with van der Waals surface area (Å²) < 4.78 is 41.3. The third-order valence-electron chi connectivity index (χ3n) is 3.83. The summed E-state index contributed by atoms with van der Waals surface area (Å²) >= 11 is 0. The van der Waals surface area contributed by atoms with Gasteiger partial charge in [0.2, 0.25) is 5.91 Å². The van der Waals surface area contributed by atoms with Crippen LogP contribution in [-0.4, -0.2) is 31.3 Å². The highest BCUT2D eigenvalue weighted by Crippen LogP contribution is 2.25. The first-order valence-electron chi connectivity index (χ1n) is 7.59. The number of piperidine rings is 1. The van der Waals surface area contributed by atoms with E-state index in [4.69, 9.17) is 4.74 Å². The zero-order valence-corrected chi connectivity index (χ0v) is 14.4. The fraction of sp³-hybridized carbons (Fsp3) is 0.562. The minimum Gasteiger partial charge on any atom is -0.484 e. The molecule has 1 aliphatic rings. The fourth-order valence-corrected chi connectivity index (χ4v) is 2.66. The number of alkyl halides is 3. The maximum Gasteiger partial charge on any atom is 0.422 e. The molecular formula is C16H22ClF3N2O2. The van der Waals surface area contributed by atoms with Crippen molar-refractivity contribution in [1.82, 2.24) is 5.32 Å². The summed E-state index contributed by atoms with van der Waals surface area (Å²) in [6, 6.07) is 4.93. The molecular weight excluding hydrogens is 345 g/mol. The van der Waals surface area contributed by atoms with Crippen LogP contribution < -0.4 is 15.4 Å². The highest BCUT2D eigenvalue weighted by Gasteiger charge is 2.29. The van der Waals surface area contributed by atoms with Crippen LogP contribution in [0, 0.1) is 12.8 Å². The predicted octanol–water partition coefficient (Wildman–Crippen LogP) is 3.68. The molecule has 1 amide bonds. The molecule has 1 aromatic carbocycles. The molecule has 0 unspecified atom stereocenters. The Kier molecular flexibility index (Phi) is 7.35. The van der Waals surface area contributed by atoms with Crippen LogP contribution in [0.2, 0.25) is 0 Å². The van der Waals surface area contributed by atoms with Crippen molar-refractivity contribution in [2.75, 3.05) is 18.5 Å². The molecule has 1 heterocycles. The number of rotatable bonds is 4. The summed E-state index contributed by atoms with van der Waals surface area (Å²) in [4.78, 5) is 12.2. The van der Waals surface area contributed by atoms with E-state index in [1.165, 1.54) is 6.07 Å². The van der Waals surface area contributed by atoms with Gasteiger partial charge in [0.1, 0.15) is 5.75 Å². The van der Waals surface area contributed by atoms with Gasteiger partial charge in [-0.1, -0.05) is 0 Å². The number of benzene rings is 1. The molecule has 136 valence electrons. The molecule has 2 atom stereocenters. The third-order valence-corrected chi connectivity index (χ3v) is 3.83. The highest BCUT2D eigenvalue weighted by molar-refractivity contribution is 5.92. The Bertz CT molecular complexity index is 567. The SMILES string of the molecule is Cc1cc(NC(=O)[C@H]2CCN[C@@H](C)C2)ccc1OCC(F)(F)F.Cl. The second-order valence-electron chi connectivity index (χ2n) is 5.95. The van der Waals surface area contributed by atoms with Crippen LogP contribution in [0.3, 0.4) is 0 Å². The van der Waals surface area contributed by atoms with Gasteiger partial charge in [0.15, 0.2) is 6.61 Å². The van der Waals surface area contributed by atoms with Crippen LogP contribution in [-0.2, 0) is 4.79 Å². The molecule has 0 aromatic heterocycles. The first kappa shape index (κ1) is 20.6. The molecule has 4 nitrogen and oxygen atoms in total. The lowest BCUT2D eigenvalue weighted by Crippen LogP contribution is -2.40. The molecule has 0 spiro atoms. The molecule has 1 aliphatic heterocycles. The number of anilines is 1. The van der Waals surface area contributed by atoms with Gasteiger partial charge >= 0.3 is 6.18 Å². The van der Waals surface area contributed by atoms with Crippen LogP contribution in [0.15, 0.2) is 18.2 Å². The first-order valence-corrected chi connectivity index (χ1v) is 7.59. The Hall–Kier alpha value is -1.47. The fourth-order valence-electron chi connectivity index (χ4n) is 2.66. The maximum absolute atomic E-state index is 12.2. The smallest absolute Gasteiger partial charge is 0.422 e. The number of carbonyl (C=O) groups excluding carboxylic acids is 1. The van der Waals surface area contributed by atoms with Gasteiger partial charge < -0.3 is 15.4 Å². The Labute approximate surface area is 145 Å². The summed E-state index contributed by atoms with van der Waals surface area (Å²) in [7, 11) is 0. The summed E-state index contributed by atoms with van der Waals surface area (Å²) in [5, 5.41) is 6.11. The Morgan fingerprint density at radius 3 is 2.71 bits per heavy atom. The van der Waals surface area contributed by atoms with Crippen molar-refractivity contribution in [1.29, 1.82) is 0 Å². The summed E-state index contributed by atoms with van der Waals surface area (Å²) in [5.74, 6) is 0.0604. The third kappa shape index (κ3) is 6.20. The van der Waals surface area contributed by atoms with Crippen LogP contribution in [0.5, 0.6) is 5.75 Å². The minimum atomic E-state index is -4.37. The van der Waals surface area contributed by atoms with E-state index >= 15 is 0 Å². The molecule has 2 N–H and O–H groups in total. The van der Waals surface area contributed by atoms with Crippen molar-refractivity contribution in [2.24, 2.45) is 5.92 Å². The monoisotopic (exact) mass is 366 g/mol. The molecule has 0 radical (unpaired) electrons. The average molecular weight is 367 g/mol. The van der Waals surface area contributed by atoms with Gasteiger partial charge in [0.05, 0.1) is 0 Å². The van der Waals surface area contributed by atoms with Crippen LogP contribution in [0.25, 0.3) is 0 Å². The van der Waals surface area contributed by atoms with Gasteiger partial charge in [-0.2, -0.15) is 13.2 Å². The normalized spacial score (nSPS) is 20.9. The second-order valence-corrected chi connectivity index (χ2v) is 5.95. The van der Waals surface area contributed by atoms with E-state index in [9.17, 15) is 18.0 Å². The summed E-state index contributed by atoms with van der Waals surface area (Å²) in [6.45, 7) is 3.17. The Morgan fingerprint density at radius 2 is 2.12 bits per heavy atom. The van der Waals surface area contributed by atoms with Gasteiger partial charge in [-0.3, -0.25) is 4.79 Å². The average Bonchev–Trinajstić information content (AvgIpc) is 2.45. The molecule has 1 aromatic rings. The zero-order valence-electron chi connectivity index (χ0n) is 13.6. The molecule has 0 bridgehead atoms. The lowest BCUT2D eigenvalue weighted by molar-refractivity contribution is -0.153. The Balaban J connectivity index is 0.00000288. The first-order chi connectivity index (χ1) is 10.7. The maximum atomic E-state index is 12.2. The topological polar surface area (TPSA) is 50.4 Å². The number of amides is 1. The standard InChI is InChI=1S/C16H21F3N2O2.ClH/c1-10-7-13(3-4-14(10)23-9-16(17,18)19)21-15(22)12-5-6-20-11(2)8-12;/h3-4,7,11-12,20H,5-6,8-9H2,1-2H3,(H,21,22);1H/t11-,12-;/m0./s1. The van der Waals surface area contributed by atoms with E-state index in [0.717, 1.165) is 19.4 Å². The highest BCUT2D eigenvalue weighted by atomic mass is 35.5. The van der Waals surface area contributed by atoms with Gasteiger partial charge in [-0.15, -0.1) is 12.4 Å². The van der Waals surface area contributed by atoms with Crippen molar-refractivity contribution in [3.05, 3.63) is 23.8 Å². The Morgan fingerprint density at radius 1 is 1.42 bits per heavy atom. The number of ether oxygens (including phenoxy) is 1. The van der Waals surface area contributed by atoms with Crippen molar-refractivity contribution in [3.8, 4) is 5.75 Å². The number of nitrogens with one attached hydrogen (secondary N) is 2. The van der Waals surface area contributed by atoms with Gasteiger partial charge in [0.25, 0.3) is 0 Å². The molecule has 0 aliphatic carbocycles. The van der Waals surface area contributed by atoms with Crippen LogP contribution in [0.4, 0.5) is 18.9 Å². The number of halogens is 4. The largest absolute Gasteiger partial charge is 0.484 e. The summed E-state index contributed by atoms with van der Waals surface area (Å²) in [6.07, 6.45) is -2.81. The van der Waals surface area contributed by atoms with E-state index < -0.39 is 12.8 Å². The van der Waals surface area contributed by atoms with Crippen molar-refractivity contribution >= 4 is 24.0 Å². The molecule has 2 rings (SSSR count). The van der Waals surface area contributed by atoms with Crippen molar-refractivity contribution in [3.63, 3.8) is 0 Å². The lowest BCUT2D eigenvalue weighted by atomic mass is 9.92. The summed E-state index contributed by atoms with van der Waals surface area (Å²) in [5.41, 5.74) is 1.11. The predicted molar refractivity (Wildman–Crippen MR) is 88.8 cm³/mol. The molecule has 1 saturated heterocycles. The van der Waals surface area contributed by atoms with E-state index in [1.54, 1.807) is 19.1 Å². The van der Waals surface area contributed by atoms with E-state index in [1.807, 2.05) is 6.92 Å². The molecule has 24 heavy (non-hydrogen) atoms. The minimum absolute atomic E-state index is 0. The molecule has 1 fully saturated rings. The van der Waals surface area contributed by atoms with Crippen LogP contribution in [0.1, 0.15) is 25.3 Å². The van der Waals surface area contributed by atoms with E-state index in [0.29, 0.717) is 17.3 Å². The zero-order chi connectivity index (χ0) is 17.0. The number of hydrogen-bond acceptors (Lipinski definition) is 3. The quantitative estimate of drug-likeness (QED) is 0.854. The second kappa shape index (κ2) is 8.58. The van der Waals surface area contributed by atoms with Gasteiger partial charge in [0, 0.05) is 17.6 Å². The molecule has 0 saturated carbocycles. The number of carbonyl (C=O) groups is 1. The van der Waals surface area contributed by atoms with Crippen LogP contribution >= 0.6 is 12.4 Å². The van der Waals surface area contributed by atoms with Crippen molar-refractivity contribution < 1.29 is 22.7 Å². The van der Waals surface area contributed by atoms with E-state index in [-0.39, 0.29) is 30.0 Å². The number of hydrogen-bond donors (Lipinski definition) is 2. The number of aryl methyl sites for hydroxylation is 1. The van der Waals surface area contributed by atoms with Crippen molar-refractivity contribution in [2.45, 2.75) is 38.9 Å². The lowest BCUT2D eigenvalue weighted by Gasteiger charge is -2.27. The van der Waals surface area contributed by atoms with E-state index in [2.05, 4.69) is 10.6 Å². The molecule has 8 heteroatoms.